The van der Waals surface area contributed by atoms with E-state index >= 15 is 0 Å². The van der Waals surface area contributed by atoms with Crippen molar-refractivity contribution in [3.05, 3.63) is 297 Å². The number of aromatic nitrogens is 10. The molecule has 624 valence electrons. The minimum atomic E-state index is -2.39. The van der Waals surface area contributed by atoms with E-state index in [-0.39, 0.29) is 11.8 Å². The minimum absolute atomic E-state index is 0.00465. The fraction of sp³-hybridized carbons (Fsp3) is 0.266. The van der Waals surface area contributed by atoms with Crippen LogP contribution in [0.2, 0.25) is 0 Å². The first-order valence-electron chi connectivity index (χ1n) is 45.0. The summed E-state index contributed by atoms with van der Waals surface area (Å²) in [7, 11) is 10.3. The summed E-state index contributed by atoms with van der Waals surface area (Å²) in [6.45, 7) is 34.3. The van der Waals surface area contributed by atoms with E-state index in [0.29, 0.717) is 34.2 Å². The Kier molecular flexibility index (Phi) is 21.2. The lowest BCUT2D eigenvalue weighted by molar-refractivity contribution is -0.660. The molecule has 20 rings (SSSR count). The van der Waals surface area contributed by atoms with Crippen molar-refractivity contribution in [3.63, 3.8) is 0 Å². The summed E-state index contributed by atoms with van der Waals surface area (Å²) >= 11 is 0. The van der Waals surface area contributed by atoms with Gasteiger partial charge in [0, 0.05) is 153 Å². The number of hydrogen-bond donors (Lipinski definition) is 0. The van der Waals surface area contributed by atoms with Crippen molar-refractivity contribution < 1.29 is 51.8 Å². The van der Waals surface area contributed by atoms with E-state index in [0.717, 1.165) is 178 Å². The van der Waals surface area contributed by atoms with E-state index in [1.807, 2.05) is 58.2 Å². The van der Waals surface area contributed by atoms with Gasteiger partial charge >= 0.3 is 0 Å². The molecule has 0 aliphatic heterocycles. The highest BCUT2D eigenvalue weighted by Gasteiger charge is 2.29. The summed E-state index contributed by atoms with van der Waals surface area (Å²) in [4.78, 5) is 23.2. The van der Waals surface area contributed by atoms with Crippen LogP contribution in [0.15, 0.2) is 235 Å². The number of aryl methyl sites for hydroxylation is 17. The second-order valence-corrected chi connectivity index (χ2v) is 35.0. The Morgan fingerprint density at radius 3 is 0.895 bits per heavy atom. The summed E-state index contributed by atoms with van der Waals surface area (Å²) < 4.78 is 81.1. The third-order valence-electron chi connectivity index (χ3n) is 23.6. The van der Waals surface area contributed by atoms with Crippen molar-refractivity contribution in [2.45, 2.75) is 156 Å². The number of hydrogen-bond acceptors (Lipinski definition) is 10. The van der Waals surface area contributed by atoms with Crippen molar-refractivity contribution in [1.82, 2.24) is 24.9 Å². The van der Waals surface area contributed by atoms with Gasteiger partial charge < -0.3 is 22.1 Å². The number of rotatable bonds is 9. The maximum atomic E-state index is 8.23. The van der Waals surface area contributed by atoms with Gasteiger partial charge in [0.05, 0.1) is 27.8 Å². The molecule has 20 aromatic rings. The molecule has 15 nitrogen and oxygen atoms in total. The van der Waals surface area contributed by atoms with Gasteiger partial charge in [0.1, 0.15) is 35.2 Å². The molecule has 1 unspecified atom stereocenters. The van der Waals surface area contributed by atoms with Crippen molar-refractivity contribution in [2.24, 2.45) is 41.1 Å². The molecule has 15 heteroatoms. The topological polar surface area (TPSA) is 150 Å². The van der Waals surface area contributed by atoms with Gasteiger partial charge in [-0.15, -0.1) is 0 Å². The lowest BCUT2D eigenvalue weighted by Crippen LogP contribution is -2.31. The van der Waals surface area contributed by atoms with Gasteiger partial charge in [-0.05, 0) is 220 Å². The molecule has 124 heavy (non-hydrogen) atoms. The van der Waals surface area contributed by atoms with Crippen LogP contribution in [0.3, 0.4) is 0 Å². The van der Waals surface area contributed by atoms with E-state index in [9.17, 15) is 0 Å². The standard InChI is InChI=1S/2C23H25N2O.C22H23N2O.C21H21N2O.C20H19N2O/c1-14-7-11-18(25(6)13-14)20-15(2)8-9-16-17-10-12-19(23(3,4)5)24-22(17)26-21(16)20;1-14(2)12-17-8-10-19-18-9-7-16(4)21(22(18)26-23(19)24-17)20-11-6-15(3)13-25(20)5;1-13(2)18-10-9-17-16-8-7-15(4)20(21(16)25-22(17)23-18)19-11-6-14(3)12-24(19)5;1-5-15-8-10-17-16-9-7-14(3)19(20(16)24-21(17)22-15)18-11-6-13(2)12-23(18)4;1-12-5-10-17(22(4)11-12)18-13(2)6-8-15-16-9-7-14(3)21-20(16)23-19(15)18/h7-13H,1-6H3;6-11,13-14H,12H2,1-5H3;6-13H,1-5H3;6-12H,5H2,1-4H3;5-11H,1-4H3/q5*+1/i;1D3,14D;13D;;. The Hall–Kier alpha value is -13.4. The van der Waals surface area contributed by atoms with Crippen LogP contribution in [-0.2, 0) is 53.5 Å². The van der Waals surface area contributed by atoms with Gasteiger partial charge in [-0.2, -0.15) is 0 Å². The quantitative estimate of drug-likeness (QED) is 0.128. The normalized spacial score (nSPS) is 13.0. The Morgan fingerprint density at radius 1 is 0.315 bits per heavy atom. The first-order valence-corrected chi connectivity index (χ1v) is 42.5. The fourth-order valence-electron chi connectivity index (χ4n) is 17.1. The third-order valence-corrected chi connectivity index (χ3v) is 23.6. The highest BCUT2D eigenvalue weighted by Crippen LogP contribution is 2.43. The van der Waals surface area contributed by atoms with Crippen molar-refractivity contribution in [2.75, 3.05) is 0 Å². The second-order valence-electron chi connectivity index (χ2n) is 35.0. The third kappa shape index (κ3) is 16.3. The zero-order chi connectivity index (χ0) is 92.1. The molecule has 0 aliphatic rings. The van der Waals surface area contributed by atoms with Crippen LogP contribution in [0.5, 0.6) is 0 Å². The Morgan fingerprint density at radius 2 is 0.589 bits per heavy atom. The van der Waals surface area contributed by atoms with Gasteiger partial charge in [0.2, 0.25) is 57.0 Å². The number of nitrogens with zero attached hydrogens (tertiary/aromatic N) is 10. The Bertz CT molecular complexity index is 7660. The molecule has 0 amide bonds. The van der Waals surface area contributed by atoms with Gasteiger partial charge in [-0.1, -0.05) is 116 Å². The number of furan rings is 5. The number of benzene rings is 5. The molecule has 15 aromatic heterocycles. The molecule has 0 bridgehead atoms. The molecule has 0 saturated carbocycles. The lowest BCUT2D eigenvalue weighted by atomic mass is 9.91. The summed E-state index contributed by atoms with van der Waals surface area (Å²) in [6.07, 6.45) is 11.6. The molecule has 0 fully saturated rings. The SMILES string of the molecule is CCc1ccc2c(n1)oc1c(-c3ccc(C)c[n+]3C)c(C)ccc12.Cc1ccc(-c2c(C)ccc3c2oc2nc(C(C)(C)C)ccc23)[n+](C)c1.Cc1ccc(-c2c(C)ccc3c2oc2nc(C)ccc23)[n+](C)c1.[2H]C(C)(C)c1ccc2c(n1)oc1c(-c3ccc(C)c[n+]3C)c(C)ccc12.[2H]C([2H])([2H])C([2H])(C)Cc1ccc2c(n1)oc1c(-c3ccc(C)c[n+]3C)c(C)ccc12. The highest BCUT2D eigenvalue weighted by molar-refractivity contribution is 6.13. The average Bonchev–Trinajstić information content (AvgIpc) is 1.63. The van der Waals surface area contributed by atoms with Crippen LogP contribution in [0.25, 0.3) is 167 Å². The molecular weight excluding hydrogens is 1530 g/mol. The van der Waals surface area contributed by atoms with Crippen molar-refractivity contribution in [3.8, 4) is 56.3 Å². The Balaban J connectivity index is 0.000000118. The van der Waals surface area contributed by atoms with Gasteiger partial charge in [-0.3, -0.25) is 0 Å². The van der Waals surface area contributed by atoms with Crippen LogP contribution in [0.1, 0.15) is 152 Å². The first-order chi connectivity index (χ1) is 61.1. The minimum Gasteiger partial charge on any atom is -0.437 e. The van der Waals surface area contributed by atoms with Crippen LogP contribution in [-0.4, -0.2) is 24.9 Å². The molecule has 5 aromatic carbocycles. The second kappa shape index (κ2) is 33.8. The number of pyridine rings is 10. The maximum absolute atomic E-state index is 8.23. The van der Waals surface area contributed by atoms with E-state index in [1.54, 1.807) is 6.07 Å². The Labute approximate surface area is 733 Å². The summed E-state index contributed by atoms with van der Waals surface area (Å²) in [5, 5.41) is 10.5. The molecule has 0 N–H and O–H groups in total. The molecule has 15 heterocycles. The largest absolute Gasteiger partial charge is 0.437 e. The van der Waals surface area contributed by atoms with E-state index < -0.39 is 18.6 Å². The molecule has 1 atom stereocenters. The molecule has 0 radical (unpaired) electrons. The molecular formula is C109H113N10O5+5. The average molecular weight is 1650 g/mol. The first kappa shape index (κ1) is 77.9. The van der Waals surface area contributed by atoms with Crippen LogP contribution in [0.4, 0.5) is 0 Å². The highest BCUT2D eigenvalue weighted by atomic mass is 16.4. The molecule has 0 spiro atoms. The van der Waals surface area contributed by atoms with Crippen molar-refractivity contribution in [1.29, 1.82) is 0 Å². The van der Waals surface area contributed by atoms with Crippen LogP contribution < -0.4 is 22.8 Å². The smallest absolute Gasteiger partial charge is 0.227 e. The lowest BCUT2D eigenvalue weighted by Gasteiger charge is -2.16. The molecule has 0 saturated heterocycles. The van der Waals surface area contributed by atoms with E-state index in [2.05, 4.69) is 344 Å². The van der Waals surface area contributed by atoms with Crippen molar-refractivity contribution >= 4 is 110 Å². The predicted molar refractivity (Wildman–Crippen MR) is 503 cm³/mol. The van der Waals surface area contributed by atoms with Crippen LogP contribution >= 0.6 is 0 Å². The fourth-order valence-corrected chi connectivity index (χ4v) is 17.1. The summed E-state index contributed by atoms with van der Waals surface area (Å²) in [5.41, 5.74) is 35.0. The summed E-state index contributed by atoms with van der Waals surface area (Å²) in [6, 6.07) is 62.8. The zero-order valence-corrected chi connectivity index (χ0v) is 75.6. The van der Waals surface area contributed by atoms with E-state index in [4.69, 9.17) is 33.9 Å². The van der Waals surface area contributed by atoms with Gasteiger partial charge in [0.25, 0.3) is 0 Å². The predicted octanol–water partition coefficient (Wildman–Crippen LogP) is 24.9. The van der Waals surface area contributed by atoms with E-state index in [1.165, 1.54) is 51.4 Å². The molecule has 0 aliphatic carbocycles. The summed E-state index contributed by atoms with van der Waals surface area (Å²) in [5.74, 6) is -2.37. The van der Waals surface area contributed by atoms with Gasteiger partial charge in [0.15, 0.2) is 58.9 Å². The number of fused-ring (bicyclic) bond motifs is 15. The monoisotopic (exact) mass is 1650 g/mol. The van der Waals surface area contributed by atoms with Gasteiger partial charge in [-0.25, -0.2) is 47.8 Å². The van der Waals surface area contributed by atoms with Crippen LogP contribution in [0, 0.1) is 82.1 Å². The zero-order valence-electron chi connectivity index (χ0n) is 80.6. The maximum Gasteiger partial charge on any atom is 0.227 e.